The van der Waals surface area contributed by atoms with Crippen molar-refractivity contribution in [2.45, 2.75) is 77.7 Å². The van der Waals surface area contributed by atoms with E-state index in [9.17, 15) is 10.1 Å². The molecule has 5 heteroatoms. The van der Waals surface area contributed by atoms with Crippen LogP contribution in [0.3, 0.4) is 0 Å². The van der Waals surface area contributed by atoms with Crippen molar-refractivity contribution in [3.63, 3.8) is 0 Å². The minimum atomic E-state index is -0.568. The van der Waals surface area contributed by atoms with Gasteiger partial charge in [-0.3, -0.25) is 0 Å². The highest BCUT2D eigenvalue weighted by Gasteiger charge is 2.64. The lowest BCUT2D eigenvalue weighted by Gasteiger charge is -2.68. The van der Waals surface area contributed by atoms with E-state index in [0.717, 1.165) is 38.6 Å². The van der Waals surface area contributed by atoms with Crippen molar-refractivity contribution in [2.24, 2.45) is 27.9 Å². The van der Waals surface area contributed by atoms with Crippen LogP contribution in [-0.2, 0) is 4.84 Å². The van der Waals surface area contributed by atoms with Gasteiger partial charge in [0.05, 0.1) is 0 Å². The number of nitrogens with zero attached hydrogens (tertiary/aromatic N) is 1. The highest BCUT2D eigenvalue weighted by atomic mass is 17.0. The lowest BCUT2D eigenvalue weighted by molar-refractivity contribution is -0.773. The lowest BCUT2D eigenvalue weighted by Crippen LogP contribution is -2.61. The van der Waals surface area contributed by atoms with Gasteiger partial charge in [-0.25, -0.2) is 0 Å². The molecule has 2 N–H and O–H groups in total. The minimum Gasteiger partial charge on any atom is -0.330 e. The van der Waals surface area contributed by atoms with Gasteiger partial charge in [0.2, 0.25) is 0 Å². The summed E-state index contributed by atoms with van der Waals surface area (Å²) in [7, 11) is 0. The molecule has 4 fully saturated rings. The van der Waals surface area contributed by atoms with Crippen LogP contribution in [0.15, 0.2) is 0 Å². The quantitative estimate of drug-likeness (QED) is 0.574. The van der Waals surface area contributed by atoms with E-state index in [1.807, 2.05) is 6.92 Å². The SMILES string of the molecule is CCC(O[N+](=O)[O-])C12CC3CC(CC)(CC(CCN)(C3)C1)C2. The molecule has 4 aliphatic carbocycles. The minimum absolute atomic E-state index is 0.00637. The molecule has 0 spiro atoms. The third-order valence-corrected chi connectivity index (χ3v) is 7.03. The molecule has 5 atom stereocenters. The van der Waals surface area contributed by atoms with Gasteiger partial charge in [0.25, 0.3) is 5.09 Å². The Bertz CT molecular complexity index is 457. The molecule has 0 aromatic rings. The normalized spacial score (nSPS) is 44.0. The molecule has 5 unspecified atom stereocenters. The monoisotopic (exact) mass is 310 g/mol. The van der Waals surface area contributed by atoms with E-state index in [4.69, 9.17) is 10.6 Å². The van der Waals surface area contributed by atoms with Gasteiger partial charge in [-0.15, -0.1) is 10.1 Å². The molecule has 5 nitrogen and oxygen atoms in total. The molecule has 4 aliphatic rings. The molecule has 0 amide bonds. The van der Waals surface area contributed by atoms with E-state index in [0.29, 0.717) is 16.7 Å². The highest BCUT2D eigenvalue weighted by Crippen LogP contribution is 2.72. The number of nitrogens with two attached hydrogens (primary N) is 1. The van der Waals surface area contributed by atoms with Crippen LogP contribution in [0.2, 0.25) is 0 Å². The summed E-state index contributed by atoms with van der Waals surface area (Å²) in [4.78, 5) is 16.2. The van der Waals surface area contributed by atoms with Gasteiger partial charge in [0.15, 0.2) is 0 Å². The summed E-state index contributed by atoms with van der Waals surface area (Å²) in [5.74, 6) is 0.715. The van der Waals surface area contributed by atoms with E-state index < -0.39 is 5.09 Å². The molecule has 0 radical (unpaired) electrons. The fourth-order valence-corrected chi connectivity index (χ4v) is 6.99. The predicted molar refractivity (Wildman–Crippen MR) is 84.6 cm³/mol. The topological polar surface area (TPSA) is 78.4 Å². The predicted octanol–water partition coefficient (Wildman–Crippen LogP) is 3.69. The van der Waals surface area contributed by atoms with Crippen LogP contribution in [0.4, 0.5) is 0 Å². The molecular formula is C17H30N2O3. The van der Waals surface area contributed by atoms with Gasteiger partial charge in [-0.1, -0.05) is 20.3 Å². The number of rotatable bonds is 7. The average molecular weight is 310 g/mol. The molecule has 0 saturated heterocycles. The van der Waals surface area contributed by atoms with Crippen LogP contribution < -0.4 is 5.73 Å². The van der Waals surface area contributed by atoms with Gasteiger partial charge in [0.1, 0.15) is 6.10 Å². The smallest absolute Gasteiger partial charge is 0.294 e. The van der Waals surface area contributed by atoms with Gasteiger partial charge >= 0.3 is 0 Å². The van der Waals surface area contributed by atoms with Crippen LogP contribution in [0.1, 0.15) is 71.6 Å². The van der Waals surface area contributed by atoms with Crippen LogP contribution >= 0.6 is 0 Å². The van der Waals surface area contributed by atoms with Crippen molar-refractivity contribution in [3.8, 4) is 0 Å². The largest absolute Gasteiger partial charge is 0.330 e. The maximum atomic E-state index is 11.0. The number of hydrogen-bond donors (Lipinski definition) is 1. The van der Waals surface area contributed by atoms with E-state index in [1.165, 1.54) is 25.7 Å². The first-order chi connectivity index (χ1) is 10.4. The van der Waals surface area contributed by atoms with Crippen molar-refractivity contribution in [2.75, 3.05) is 6.54 Å². The van der Waals surface area contributed by atoms with Crippen molar-refractivity contribution >= 4 is 0 Å². The van der Waals surface area contributed by atoms with E-state index in [1.54, 1.807) is 0 Å². The average Bonchev–Trinajstić information content (AvgIpc) is 2.43. The summed E-state index contributed by atoms with van der Waals surface area (Å²) < 4.78 is 0. The summed E-state index contributed by atoms with van der Waals surface area (Å²) in [5, 5.41) is 10.4. The second kappa shape index (κ2) is 5.36. The Hall–Kier alpha value is -0.840. The van der Waals surface area contributed by atoms with Crippen LogP contribution in [0.5, 0.6) is 0 Å². The lowest BCUT2D eigenvalue weighted by atomic mass is 9.37. The summed E-state index contributed by atoms with van der Waals surface area (Å²) >= 11 is 0. The Morgan fingerprint density at radius 3 is 2.50 bits per heavy atom. The Morgan fingerprint density at radius 2 is 1.91 bits per heavy atom. The standard InChI is InChI=1S/C17H30N2O3/c1-3-14(22-19(20)21)17-9-13-7-15(4-2,11-17)10-16(8-13,12-17)5-6-18/h13-14H,3-12,18H2,1-2H3. The van der Waals surface area contributed by atoms with E-state index in [-0.39, 0.29) is 11.5 Å². The van der Waals surface area contributed by atoms with Gasteiger partial charge in [0, 0.05) is 0 Å². The summed E-state index contributed by atoms with van der Waals surface area (Å²) in [6, 6.07) is 0. The second-order valence-corrected chi connectivity index (χ2v) is 8.49. The first-order valence-electron chi connectivity index (χ1n) is 8.92. The maximum Gasteiger partial charge on any atom is 0.294 e. The summed E-state index contributed by atoms with van der Waals surface area (Å²) in [6.07, 6.45) is 9.94. The van der Waals surface area contributed by atoms with Crippen molar-refractivity contribution in [3.05, 3.63) is 10.1 Å². The molecule has 4 bridgehead atoms. The summed E-state index contributed by atoms with van der Waals surface area (Å²) in [5.41, 5.74) is 6.63. The first-order valence-corrected chi connectivity index (χ1v) is 8.92. The molecule has 0 aliphatic heterocycles. The molecule has 4 saturated carbocycles. The van der Waals surface area contributed by atoms with Crippen LogP contribution in [0.25, 0.3) is 0 Å². The molecule has 0 aromatic carbocycles. The summed E-state index contributed by atoms with van der Waals surface area (Å²) in [6.45, 7) is 5.06. The Balaban J connectivity index is 1.96. The zero-order chi connectivity index (χ0) is 16.0. The molecule has 0 aromatic heterocycles. The van der Waals surface area contributed by atoms with E-state index >= 15 is 0 Å². The molecule has 0 heterocycles. The molecule has 22 heavy (non-hydrogen) atoms. The Kier molecular flexibility index (Phi) is 3.91. The second-order valence-electron chi connectivity index (χ2n) is 8.49. The van der Waals surface area contributed by atoms with Crippen molar-refractivity contribution in [1.29, 1.82) is 0 Å². The van der Waals surface area contributed by atoms with Crippen LogP contribution in [0, 0.1) is 32.3 Å². The zero-order valence-corrected chi connectivity index (χ0v) is 14.0. The van der Waals surface area contributed by atoms with Crippen molar-refractivity contribution in [1.82, 2.24) is 0 Å². The van der Waals surface area contributed by atoms with Gasteiger partial charge in [-0.2, -0.15) is 0 Å². The first kappa shape index (κ1) is 16.0. The molecule has 126 valence electrons. The number of hydrogen-bond acceptors (Lipinski definition) is 4. The van der Waals surface area contributed by atoms with Crippen LogP contribution in [-0.4, -0.2) is 17.7 Å². The maximum absolute atomic E-state index is 11.0. The third kappa shape index (κ3) is 2.41. The fourth-order valence-electron chi connectivity index (χ4n) is 6.99. The van der Waals surface area contributed by atoms with Gasteiger partial charge in [-0.05, 0) is 80.1 Å². The third-order valence-electron chi connectivity index (χ3n) is 7.03. The molecule has 4 rings (SSSR count). The Labute approximate surface area is 133 Å². The van der Waals surface area contributed by atoms with Gasteiger partial charge < -0.3 is 10.6 Å². The molecular weight excluding hydrogens is 280 g/mol. The highest BCUT2D eigenvalue weighted by molar-refractivity contribution is 5.14. The zero-order valence-electron chi connectivity index (χ0n) is 14.0. The fraction of sp³-hybridized carbons (Fsp3) is 1.00. The van der Waals surface area contributed by atoms with Crippen molar-refractivity contribution < 1.29 is 9.92 Å². The van der Waals surface area contributed by atoms with E-state index in [2.05, 4.69) is 6.92 Å². The Morgan fingerprint density at radius 1 is 1.23 bits per heavy atom.